The topological polar surface area (TPSA) is 150 Å². The van der Waals surface area contributed by atoms with Crippen LogP contribution in [0.5, 0.6) is 5.75 Å². The first-order valence-corrected chi connectivity index (χ1v) is 9.38. The number of hydrogen-bond donors (Lipinski definition) is 1. The molecule has 0 aliphatic carbocycles. The molecule has 2 rings (SSSR count). The Morgan fingerprint density at radius 3 is 2.00 bits per heavy atom. The van der Waals surface area contributed by atoms with Gasteiger partial charge >= 0.3 is 23.9 Å². The third-order valence-electron chi connectivity index (χ3n) is 4.05. The van der Waals surface area contributed by atoms with Gasteiger partial charge < -0.3 is 34.2 Å². The van der Waals surface area contributed by atoms with Crippen molar-refractivity contribution in [3.8, 4) is 5.75 Å². The smallest absolute Gasteiger partial charge is 0.339 e. The van der Waals surface area contributed by atoms with Crippen LogP contribution in [0.25, 0.3) is 0 Å². The fourth-order valence-corrected chi connectivity index (χ4v) is 3.11. The van der Waals surface area contributed by atoms with Crippen LogP contribution in [0.15, 0.2) is 18.2 Å². The van der Waals surface area contributed by atoms with Gasteiger partial charge in [-0.3, -0.25) is 14.4 Å². The van der Waals surface area contributed by atoms with Crippen molar-refractivity contribution in [2.75, 3.05) is 12.8 Å². The van der Waals surface area contributed by atoms with Gasteiger partial charge in [-0.2, -0.15) is 0 Å². The molecule has 0 spiro atoms. The summed E-state index contributed by atoms with van der Waals surface area (Å²) in [5.74, 6) is -3.23. The van der Waals surface area contributed by atoms with E-state index in [0.29, 0.717) is 5.02 Å². The van der Waals surface area contributed by atoms with Crippen molar-refractivity contribution in [3.63, 3.8) is 0 Å². The SMILES string of the molecule is COC(=O)[C@H]1O[C@@H](Oc2ccc(Cl)cc2N)[C@H](OC(C)=O)[C@@H](OC(C)=O)[C@@H]1OC(C)=O. The van der Waals surface area contributed by atoms with E-state index in [1.165, 1.54) is 18.2 Å². The minimum Gasteiger partial charge on any atom is -0.467 e. The van der Waals surface area contributed by atoms with E-state index >= 15 is 0 Å². The molecule has 0 amide bonds. The Balaban J connectivity index is 2.52. The number of nitrogen functional groups attached to an aromatic ring is 1. The standard InChI is InChI=1S/C19H22ClNO10/c1-8(22)27-14-15(28-9(2)23)17(29-10(3)24)19(31-16(14)18(25)26-4)30-13-6-5-11(20)7-12(13)21/h5-7,14-17,19H,21H2,1-4H3/t14-,15-,16-,17+,19+/m0/s1. The normalized spacial score (nSPS) is 25.1. The summed E-state index contributed by atoms with van der Waals surface area (Å²) in [5, 5.41) is 0.339. The van der Waals surface area contributed by atoms with Crippen LogP contribution in [-0.4, -0.2) is 61.7 Å². The van der Waals surface area contributed by atoms with Crippen LogP contribution < -0.4 is 10.5 Å². The summed E-state index contributed by atoms with van der Waals surface area (Å²) < 4.78 is 31.7. The summed E-state index contributed by atoms with van der Waals surface area (Å²) in [6.45, 7) is 3.27. The van der Waals surface area contributed by atoms with Crippen molar-refractivity contribution in [2.24, 2.45) is 0 Å². The molecule has 1 aliphatic rings. The number of rotatable bonds is 6. The highest BCUT2D eigenvalue weighted by Gasteiger charge is 2.55. The number of halogens is 1. The van der Waals surface area contributed by atoms with Gasteiger partial charge in [0.1, 0.15) is 5.75 Å². The molecule has 5 atom stereocenters. The summed E-state index contributed by atoms with van der Waals surface area (Å²) in [4.78, 5) is 47.5. The van der Waals surface area contributed by atoms with Gasteiger partial charge in [0.2, 0.25) is 12.4 Å². The lowest BCUT2D eigenvalue weighted by Gasteiger charge is -2.43. The molecular formula is C19H22ClNO10. The first kappa shape index (κ1) is 24.2. The molecule has 1 aromatic carbocycles. The molecule has 0 saturated carbocycles. The molecule has 31 heavy (non-hydrogen) atoms. The number of anilines is 1. The molecular weight excluding hydrogens is 438 g/mol. The van der Waals surface area contributed by atoms with E-state index < -0.39 is 54.6 Å². The van der Waals surface area contributed by atoms with Gasteiger partial charge in [-0.25, -0.2) is 4.79 Å². The molecule has 1 aliphatic heterocycles. The van der Waals surface area contributed by atoms with Crippen molar-refractivity contribution in [2.45, 2.75) is 51.5 Å². The highest BCUT2D eigenvalue weighted by atomic mass is 35.5. The molecule has 11 nitrogen and oxygen atoms in total. The van der Waals surface area contributed by atoms with Crippen molar-refractivity contribution >= 4 is 41.2 Å². The minimum absolute atomic E-state index is 0.0858. The number of methoxy groups -OCH3 is 1. The monoisotopic (exact) mass is 459 g/mol. The molecule has 0 aromatic heterocycles. The van der Waals surface area contributed by atoms with Crippen LogP contribution in [0.3, 0.4) is 0 Å². The van der Waals surface area contributed by atoms with E-state index in [2.05, 4.69) is 0 Å². The van der Waals surface area contributed by atoms with Crippen molar-refractivity contribution in [3.05, 3.63) is 23.2 Å². The van der Waals surface area contributed by atoms with E-state index in [9.17, 15) is 19.2 Å². The zero-order chi connectivity index (χ0) is 23.3. The van der Waals surface area contributed by atoms with Crippen molar-refractivity contribution < 1.29 is 47.6 Å². The van der Waals surface area contributed by atoms with Crippen LogP contribution in [-0.2, 0) is 42.9 Å². The Morgan fingerprint density at radius 2 is 1.48 bits per heavy atom. The van der Waals surface area contributed by atoms with Crippen molar-refractivity contribution in [1.82, 2.24) is 0 Å². The number of hydrogen-bond acceptors (Lipinski definition) is 11. The zero-order valence-electron chi connectivity index (χ0n) is 17.2. The Labute approximate surface area is 182 Å². The third-order valence-corrected chi connectivity index (χ3v) is 4.28. The van der Waals surface area contributed by atoms with Gasteiger partial charge in [0.15, 0.2) is 18.3 Å². The maximum absolute atomic E-state index is 12.3. The number of ether oxygens (including phenoxy) is 6. The number of esters is 4. The van der Waals surface area contributed by atoms with Gasteiger partial charge in [-0.1, -0.05) is 11.6 Å². The van der Waals surface area contributed by atoms with Gasteiger partial charge in [-0.15, -0.1) is 0 Å². The van der Waals surface area contributed by atoms with Crippen molar-refractivity contribution in [1.29, 1.82) is 0 Å². The summed E-state index contributed by atoms with van der Waals surface area (Å²) in [6, 6.07) is 4.32. The Bertz CT molecular complexity index is 860. The highest BCUT2D eigenvalue weighted by Crippen LogP contribution is 2.33. The van der Waals surface area contributed by atoms with Gasteiger partial charge in [0.05, 0.1) is 12.8 Å². The second-order valence-corrected chi connectivity index (χ2v) is 6.91. The summed E-state index contributed by atoms with van der Waals surface area (Å²) in [5.41, 5.74) is 6.02. The lowest BCUT2D eigenvalue weighted by Crippen LogP contribution is -2.64. The van der Waals surface area contributed by atoms with Crippen LogP contribution in [0.2, 0.25) is 5.02 Å². The average Bonchev–Trinajstić information content (AvgIpc) is 2.66. The van der Waals surface area contributed by atoms with Crippen LogP contribution in [0, 0.1) is 0 Å². The molecule has 2 N–H and O–H groups in total. The van der Waals surface area contributed by atoms with E-state index in [0.717, 1.165) is 27.9 Å². The molecule has 1 aromatic rings. The predicted molar refractivity (Wildman–Crippen MR) is 104 cm³/mol. The zero-order valence-corrected chi connectivity index (χ0v) is 17.9. The molecule has 0 radical (unpaired) electrons. The number of nitrogens with two attached hydrogens (primary N) is 1. The first-order valence-electron chi connectivity index (χ1n) is 9.00. The van der Waals surface area contributed by atoms with E-state index in [4.69, 9.17) is 45.8 Å². The Morgan fingerprint density at radius 1 is 0.935 bits per heavy atom. The fourth-order valence-electron chi connectivity index (χ4n) is 2.93. The second-order valence-electron chi connectivity index (χ2n) is 6.47. The minimum atomic E-state index is -1.57. The number of carbonyl (C=O) groups excluding carboxylic acids is 4. The van der Waals surface area contributed by atoms with Crippen LogP contribution >= 0.6 is 11.6 Å². The highest BCUT2D eigenvalue weighted by molar-refractivity contribution is 6.30. The summed E-state index contributed by atoms with van der Waals surface area (Å²) >= 11 is 5.89. The quantitative estimate of drug-likeness (QED) is 0.368. The molecule has 1 saturated heterocycles. The summed E-state index contributed by atoms with van der Waals surface area (Å²) in [7, 11) is 1.09. The largest absolute Gasteiger partial charge is 0.467 e. The van der Waals surface area contributed by atoms with E-state index in [-0.39, 0.29) is 11.4 Å². The van der Waals surface area contributed by atoms with Gasteiger partial charge in [-0.05, 0) is 18.2 Å². The molecule has 1 fully saturated rings. The maximum Gasteiger partial charge on any atom is 0.339 e. The predicted octanol–water partition coefficient (Wildman–Crippen LogP) is 0.994. The second kappa shape index (κ2) is 10.3. The molecule has 0 unspecified atom stereocenters. The Kier molecular flexibility index (Phi) is 8.06. The summed E-state index contributed by atoms with van der Waals surface area (Å²) in [6.07, 6.45) is -7.43. The Hall–Kier alpha value is -3.05. The van der Waals surface area contributed by atoms with Crippen LogP contribution in [0.1, 0.15) is 20.8 Å². The van der Waals surface area contributed by atoms with E-state index in [1.807, 2.05) is 0 Å². The molecule has 0 bridgehead atoms. The first-order chi connectivity index (χ1) is 14.5. The number of benzene rings is 1. The molecule has 1 heterocycles. The average molecular weight is 460 g/mol. The van der Waals surface area contributed by atoms with Crippen LogP contribution in [0.4, 0.5) is 5.69 Å². The molecule has 12 heteroatoms. The van der Waals surface area contributed by atoms with Gasteiger partial charge in [0.25, 0.3) is 0 Å². The third kappa shape index (κ3) is 6.22. The lowest BCUT2D eigenvalue weighted by molar-refractivity contribution is -0.282. The van der Waals surface area contributed by atoms with Gasteiger partial charge in [0, 0.05) is 25.8 Å². The van der Waals surface area contributed by atoms with E-state index in [1.54, 1.807) is 0 Å². The molecule has 170 valence electrons. The maximum atomic E-state index is 12.3. The lowest BCUT2D eigenvalue weighted by atomic mass is 9.97. The fraction of sp³-hybridized carbons (Fsp3) is 0.474. The number of carbonyl (C=O) groups is 4.